The molecule has 0 spiro atoms. The molecule has 8 heteroatoms. The van der Waals surface area contributed by atoms with Crippen LogP contribution < -0.4 is 11.1 Å². The van der Waals surface area contributed by atoms with Gasteiger partial charge in [-0.1, -0.05) is 18.2 Å². The van der Waals surface area contributed by atoms with E-state index in [-0.39, 0.29) is 17.5 Å². The van der Waals surface area contributed by atoms with Gasteiger partial charge in [-0.25, -0.2) is 14.8 Å². The minimum atomic E-state index is -0.283. The second-order valence-corrected chi connectivity index (χ2v) is 6.73. The number of rotatable bonds is 4. The summed E-state index contributed by atoms with van der Waals surface area (Å²) >= 11 is 0. The molecule has 0 saturated heterocycles. The van der Waals surface area contributed by atoms with Crippen LogP contribution in [0.3, 0.4) is 0 Å². The van der Waals surface area contributed by atoms with Crippen LogP contribution in [-0.2, 0) is 0 Å². The van der Waals surface area contributed by atoms with E-state index in [0.29, 0.717) is 23.6 Å². The molecule has 0 fully saturated rings. The van der Waals surface area contributed by atoms with E-state index in [1.54, 1.807) is 41.2 Å². The number of nitrogens with one attached hydrogen (secondary N) is 1. The van der Waals surface area contributed by atoms with E-state index < -0.39 is 0 Å². The zero-order valence-corrected chi connectivity index (χ0v) is 16.5. The van der Waals surface area contributed by atoms with E-state index in [0.717, 1.165) is 22.3 Å². The van der Waals surface area contributed by atoms with Crippen LogP contribution in [0.5, 0.6) is 0 Å². The van der Waals surface area contributed by atoms with Crippen LogP contribution in [0.4, 0.5) is 11.6 Å². The zero-order valence-electron chi connectivity index (χ0n) is 16.5. The molecule has 3 heterocycles. The third kappa shape index (κ3) is 3.22. The van der Waals surface area contributed by atoms with Gasteiger partial charge >= 0.3 is 0 Å². The Labute approximate surface area is 173 Å². The van der Waals surface area contributed by atoms with E-state index in [2.05, 4.69) is 25.1 Å². The number of imidazole rings is 1. The molecule has 0 radical (unpaired) electrons. The van der Waals surface area contributed by atoms with Crippen LogP contribution in [0.25, 0.3) is 32.9 Å². The number of nitrogens with zero attached hydrogens (tertiary/aromatic N) is 5. The summed E-state index contributed by atoms with van der Waals surface area (Å²) in [6.45, 7) is 11.6. The number of hydrogen-bond donors (Lipinski definition) is 2. The summed E-state index contributed by atoms with van der Waals surface area (Å²) in [7, 11) is 0. The second-order valence-electron chi connectivity index (χ2n) is 6.73. The number of amides is 1. The fraction of sp³-hybridized carbons (Fsp3) is 0.136. The lowest BCUT2D eigenvalue weighted by Crippen LogP contribution is -2.22. The monoisotopic (exact) mass is 397 g/mol. The Morgan fingerprint density at radius 3 is 2.87 bits per heavy atom. The summed E-state index contributed by atoms with van der Waals surface area (Å²) in [6, 6.07) is 9.06. The topological polar surface area (TPSA) is 103 Å². The molecule has 0 saturated carbocycles. The predicted octanol–water partition coefficient (Wildman–Crippen LogP) is 3.65. The van der Waals surface area contributed by atoms with E-state index in [4.69, 9.17) is 12.3 Å². The number of carbonyl (C=O) groups excluding carboxylic acids is 1. The van der Waals surface area contributed by atoms with Crippen LogP contribution in [0.1, 0.15) is 23.0 Å². The van der Waals surface area contributed by atoms with Crippen LogP contribution in [0.15, 0.2) is 48.9 Å². The number of carbonyl (C=O) groups is 1. The Balaban J connectivity index is 2.08. The van der Waals surface area contributed by atoms with Gasteiger partial charge in [-0.2, -0.15) is 0 Å². The van der Waals surface area contributed by atoms with Gasteiger partial charge in [0.15, 0.2) is 11.3 Å². The maximum atomic E-state index is 12.4. The molecular weight excluding hydrogens is 378 g/mol. The fourth-order valence-corrected chi connectivity index (χ4v) is 3.36. The van der Waals surface area contributed by atoms with Crippen molar-refractivity contribution in [2.75, 3.05) is 12.3 Å². The molecule has 3 N–H and O–H groups in total. The van der Waals surface area contributed by atoms with E-state index in [9.17, 15) is 4.79 Å². The van der Waals surface area contributed by atoms with Gasteiger partial charge in [0.25, 0.3) is 5.91 Å². The maximum Gasteiger partial charge on any atom is 0.271 e. The average Bonchev–Trinajstić information content (AvgIpc) is 3.21. The molecular formula is C22H19N7O. The molecule has 0 aliphatic carbocycles. The van der Waals surface area contributed by atoms with Crippen LogP contribution >= 0.6 is 0 Å². The van der Waals surface area contributed by atoms with Crippen molar-refractivity contribution in [1.29, 1.82) is 0 Å². The molecule has 0 aliphatic rings. The van der Waals surface area contributed by atoms with Crippen molar-refractivity contribution in [2.45, 2.75) is 13.8 Å². The van der Waals surface area contributed by atoms with Crippen molar-refractivity contribution in [3.63, 3.8) is 0 Å². The Kier molecular flexibility index (Phi) is 4.86. The number of nitrogens with two attached hydrogens (primary N) is 1. The average molecular weight is 397 g/mol. The fourth-order valence-electron chi connectivity index (χ4n) is 3.36. The molecule has 0 bridgehead atoms. The first-order valence-corrected chi connectivity index (χ1v) is 9.39. The van der Waals surface area contributed by atoms with Gasteiger partial charge < -0.3 is 11.1 Å². The third-order valence-electron chi connectivity index (χ3n) is 4.75. The Hall–Kier alpha value is -4.25. The molecule has 0 atom stereocenters. The minimum Gasteiger partial charge on any atom is -0.369 e. The number of hydrogen-bond acceptors (Lipinski definition) is 5. The van der Waals surface area contributed by atoms with Crippen molar-refractivity contribution in [3.8, 4) is 22.4 Å². The summed E-state index contributed by atoms with van der Waals surface area (Å²) in [4.78, 5) is 29.3. The molecule has 1 amide bonds. The lowest BCUT2D eigenvalue weighted by Gasteiger charge is -2.14. The summed E-state index contributed by atoms with van der Waals surface area (Å²) < 4.78 is 1.61. The molecule has 4 aromatic rings. The highest BCUT2D eigenvalue weighted by Gasteiger charge is 2.21. The number of benzene rings is 1. The van der Waals surface area contributed by atoms with Crippen molar-refractivity contribution in [3.05, 3.63) is 71.6 Å². The predicted molar refractivity (Wildman–Crippen MR) is 115 cm³/mol. The highest BCUT2D eigenvalue weighted by atomic mass is 16.1. The SMILES string of the molecule is [C-]#[N+]c1cccc(-c2nc(N)n3cc(C(=O)NCC)nc3c2-c2ccncc2C)c1. The molecule has 0 unspecified atom stereocenters. The molecule has 1 aromatic carbocycles. The number of aryl methyl sites for hydroxylation is 1. The number of aromatic nitrogens is 4. The van der Waals surface area contributed by atoms with Gasteiger partial charge in [-0.15, -0.1) is 0 Å². The Bertz CT molecular complexity index is 1320. The van der Waals surface area contributed by atoms with Crippen molar-refractivity contribution in [2.24, 2.45) is 0 Å². The van der Waals surface area contributed by atoms with Crippen LogP contribution in [-0.4, -0.2) is 31.8 Å². The highest BCUT2D eigenvalue weighted by molar-refractivity contribution is 5.97. The van der Waals surface area contributed by atoms with E-state index in [1.165, 1.54) is 0 Å². The lowest BCUT2D eigenvalue weighted by molar-refractivity contribution is 0.0951. The quantitative estimate of drug-likeness (QED) is 0.512. The molecule has 148 valence electrons. The number of nitrogen functional groups attached to an aromatic ring is 1. The maximum absolute atomic E-state index is 12.4. The largest absolute Gasteiger partial charge is 0.369 e. The first-order chi connectivity index (χ1) is 14.5. The van der Waals surface area contributed by atoms with Crippen molar-refractivity contribution >= 4 is 23.2 Å². The van der Waals surface area contributed by atoms with Gasteiger partial charge in [0.05, 0.1) is 17.8 Å². The molecule has 0 aliphatic heterocycles. The zero-order chi connectivity index (χ0) is 21.3. The summed E-state index contributed by atoms with van der Waals surface area (Å²) in [6.07, 6.45) is 5.04. The molecule has 3 aromatic heterocycles. The van der Waals surface area contributed by atoms with Gasteiger partial charge in [0.2, 0.25) is 5.95 Å². The normalized spacial score (nSPS) is 10.7. The standard InChI is InChI=1S/C22H19N7O/c1-4-26-21(30)17-12-29-20(27-17)18(16-8-9-25-11-13(16)2)19(28-22(29)23)14-6-5-7-15(10-14)24-3/h5-12H,4H2,1-2H3,(H2,23,28)(H,26,30). The van der Waals surface area contributed by atoms with Gasteiger partial charge in [0, 0.05) is 25.1 Å². The van der Waals surface area contributed by atoms with Gasteiger partial charge in [0.1, 0.15) is 5.69 Å². The van der Waals surface area contributed by atoms with E-state index in [1.807, 2.05) is 26.0 Å². The summed E-state index contributed by atoms with van der Waals surface area (Å²) in [5, 5.41) is 2.75. The van der Waals surface area contributed by atoms with Gasteiger partial charge in [-0.05, 0) is 42.7 Å². The lowest BCUT2D eigenvalue weighted by atomic mass is 9.97. The van der Waals surface area contributed by atoms with Crippen molar-refractivity contribution in [1.82, 2.24) is 24.7 Å². The van der Waals surface area contributed by atoms with Gasteiger partial charge in [-0.3, -0.25) is 14.2 Å². The highest BCUT2D eigenvalue weighted by Crippen LogP contribution is 2.37. The second kappa shape index (κ2) is 7.64. The Morgan fingerprint density at radius 1 is 1.30 bits per heavy atom. The molecule has 8 nitrogen and oxygen atoms in total. The Morgan fingerprint density at radius 2 is 2.13 bits per heavy atom. The number of anilines is 1. The number of fused-ring (bicyclic) bond motifs is 1. The van der Waals surface area contributed by atoms with E-state index >= 15 is 0 Å². The first-order valence-electron chi connectivity index (χ1n) is 9.39. The van der Waals surface area contributed by atoms with Crippen molar-refractivity contribution < 1.29 is 4.79 Å². The van der Waals surface area contributed by atoms with Crippen LogP contribution in [0, 0.1) is 13.5 Å². The summed E-state index contributed by atoms with van der Waals surface area (Å²) in [5.41, 5.74) is 11.4. The molecule has 4 rings (SSSR count). The first kappa shape index (κ1) is 19.1. The minimum absolute atomic E-state index is 0.201. The third-order valence-corrected chi connectivity index (χ3v) is 4.75. The van der Waals surface area contributed by atoms with Crippen LogP contribution in [0.2, 0.25) is 0 Å². The smallest absolute Gasteiger partial charge is 0.271 e. The number of pyridine rings is 1. The molecule has 30 heavy (non-hydrogen) atoms. The summed E-state index contributed by atoms with van der Waals surface area (Å²) in [5.74, 6) is -0.0822.